The normalized spacial score (nSPS) is 13.1. The smallest absolute Gasteiger partial charge is 0.287 e. The van der Waals surface area contributed by atoms with E-state index in [-0.39, 0.29) is 17.9 Å². The van der Waals surface area contributed by atoms with E-state index in [1.807, 2.05) is 24.3 Å². The van der Waals surface area contributed by atoms with Crippen LogP contribution in [0.3, 0.4) is 0 Å². The number of allylic oxidation sites excluding steroid dienone is 1. The standard InChI is InChI=1S/C32H12BF24.C15H12N3O/c34-25(35,36)13-1-14(26(37,38)39)6-21(5-13)33(22-7-15(27(40,41)42)2-16(8-22)28(43,44)45,23-9-17(29(46,47)48)3-18(10-23)30(49,50)51)24-11-19(31(52,53)54)4-20(12-24)32(55,56)57;1-12(9-16)14-10-18(8-7-17-14)11-15(19)13-5-3-2-4-6-13/h1-12H;2-8,10H,1,11H2/q-1;+1. The molecule has 6 aromatic rings. The number of carbonyl (C=O) groups excluding carboxylic acids is 1. The molecule has 29 heteroatoms. The molecule has 4 nitrogen and oxygen atoms in total. The second-order valence-corrected chi connectivity index (χ2v) is 16.2. The molecule has 404 valence electrons. The van der Waals surface area contributed by atoms with Crippen LogP contribution in [0.4, 0.5) is 105 Å². The average molecular weight is 1110 g/mol. The number of carbonyl (C=O) groups is 1. The number of ketones is 1. The lowest BCUT2D eigenvalue weighted by Crippen LogP contribution is -2.75. The van der Waals surface area contributed by atoms with Crippen molar-refractivity contribution in [2.24, 2.45) is 0 Å². The van der Waals surface area contributed by atoms with Gasteiger partial charge in [0.2, 0.25) is 12.3 Å². The highest BCUT2D eigenvalue weighted by Gasteiger charge is 2.47. The number of aromatic nitrogens is 2. The first-order valence-electron chi connectivity index (χ1n) is 20.4. The summed E-state index contributed by atoms with van der Waals surface area (Å²) in [6.45, 7) is 3.81. The van der Waals surface area contributed by atoms with Crippen LogP contribution in [0, 0.1) is 11.3 Å². The van der Waals surface area contributed by atoms with Crippen LogP contribution < -0.4 is 26.4 Å². The number of nitriles is 1. The number of nitrogens with zero attached hydrogens (tertiary/aromatic N) is 3. The van der Waals surface area contributed by atoms with E-state index >= 15 is 0 Å². The summed E-state index contributed by atoms with van der Waals surface area (Å²) in [6, 6.07) is 2.20. The van der Waals surface area contributed by atoms with Crippen LogP contribution >= 0.6 is 0 Å². The fourth-order valence-electron chi connectivity index (χ4n) is 7.70. The van der Waals surface area contributed by atoms with Gasteiger partial charge in [-0.05, 0) is 24.3 Å². The van der Waals surface area contributed by atoms with Crippen molar-refractivity contribution in [1.29, 1.82) is 5.26 Å². The van der Waals surface area contributed by atoms with Gasteiger partial charge < -0.3 is 0 Å². The number of benzene rings is 5. The first kappa shape index (κ1) is 59.3. The van der Waals surface area contributed by atoms with Crippen LogP contribution in [-0.2, 0) is 56.0 Å². The van der Waals surface area contributed by atoms with Gasteiger partial charge in [-0.1, -0.05) is 85.4 Å². The SMILES string of the molecule is C=C(C#N)c1c[n+](CC(=O)c2ccccc2)ccn1.FC(F)(F)c1cc([B-](c2cc(C(F)(F)F)cc(C(F)(F)F)c2)(c2cc(C(F)(F)F)cc(C(F)(F)F)c2)c2cc(C(F)(F)F)cc(C(F)(F)F)c2)cc(C(F)(F)F)c1. The van der Waals surface area contributed by atoms with Crippen molar-refractivity contribution >= 4 is 39.4 Å². The number of hydrogen-bond acceptors (Lipinski definition) is 3. The number of rotatable bonds is 8. The van der Waals surface area contributed by atoms with Crippen LogP contribution in [-0.4, -0.2) is 16.9 Å². The van der Waals surface area contributed by atoms with Gasteiger partial charge >= 0.3 is 49.4 Å². The minimum Gasteiger partial charge on any atom is -0.287 e. The zero-order chi connectivity index (χ0) is 57.6. The molecule has 76 heavy (non-hydrogen) atoms. The monoisotopic (exact) mass is 1110 g/mol. The van der Waals surface area contributed by atoms with E-state index in [4.69, 9.17) is 5.26 Å². The highest BCUT2D eigenvalue weighted by atomic mass is 19.4. The molecule has 1 aromatic heterocycles. The van der Waals surface area contributed by atoms with Crippen molar-refractivity contribution in [3.8, 4) is 6.07 Å². The van der Waals surface area contributed by atoms with Crippen LogP contribution in [0.1, 0.15) is 60.6 Å². The molecule has 0 N–H and O–H groups in total. The Labute approximate surface area is 410 Å². The van der Waals surface area contributed by atoms with Crippen molar-refractivity contribution in [3.05, 3.63) is 184 Å². The van der Waals surface area contributed by atoms with Gasteiger partial charge in [0.1, 0.15) is 17.9 Å². The largest absolute Gasteiger partial charge is 0.416 e. The molecular formula is C47H24BF24N3O. The summed E-state index contributed by atoms with van der Waals surface area (Å²) in [5.41, 5.74) is -28.8. The van der Waals surface area contributed by atoms with Crippen molar-refractivity contribution < 1.29 is 115 Å². The molecule has 0 saturated heterocycles. The lowest BCUT2D eigenvalue weighted by atomic mass is 9.12. The number of halogens is 24. The first-order chi connectivity index (χ1) is 34.5. The third-order valence-electron chi connectivity index (χ3n) is 11.1. The van der Waals surface area contributed by atoms with Gasteiger partial charge in [0.25, 0.3) is 0 Å². The van der Waals surface area contributed by atoms with Gasteiger partial charge in [-0.3, -0.25) is 4.79 Å². The summed E-state index contributed by atoms with van der Waals surface area (Å²) in [6.07, 6.45) is -49.9. The average Bonchev–Trinajstić information content (AvgIpc) is 3.29. The molecule has 0 saturated carbocycles. The fraction of sp³-hybridized carbons (Fsp3) is 0.191. The Balaban J connectivity index is 0.000000468. The highest BCUT2D eigenvalue weighted by molar-refractivity contribution is 7.20. The van der Waals surface area contributed by atoms with Gasteiger partial charge in [-0.15, -0.1) is 0 Å². The maximum Gasteiger partial charge on any atom is 0.416 e. The third-order valence-corrected chi connectivity index (χ3v) is 11.1. The zero-order valence-electron chi connectivity index (χ0n) is 36.9. The molecule has 0 unspecified atom stereocenters. The molecule has 0 bridgehead atoms. The molecule has 0 amide bonds. The topological polar surface area (TPSA) is 57.6 Å². The molecule has 0 aliphatic heterocycles. The molecule has 0 aliphatic rings. The van der Waals surface area contributed by atoms with Crippen molar-refractivity contribution in [3.63, 3.8) is 0 Å². The van der Waals surface area contributed by atoms with Gasteiger partial charge in [0, 0.05) is 5.56 Å². The summed E-state index contributed by atoms with van der Waals surface area (Å²) in [4.78, 5) is 16.1. The molecular weight excluding hydrogens is 1090 g/mol. The lowest BCUT2D eigenvalue weighted by molar-refractivity contribution is -0.683. The predicted molar refractivity (Wildman–Crippen MR) is 220 cm³/mol. The van der Waals surface area contributed by atoms with Crippen molar-refractivity contribution in [1.82, 2.24) is 4.98 Å². The van der Waals surface area contributed by atoms with Gasteiger partial charge in [-0.2, -0.15) is 137 Å². The summed E-state index contributed by atoms with van der Waals surface area (Å²) in [5.74, 6) is 0.00493. The Morgan fingerprint density at radius 3 is 0.961 bits per heavy atom. The van der Waals surface area contributed by atoms with Gasteiger partial charge in [0.15, 0.2) is 12.4 Å². The Hall–Kier alpha value is -7.54. The molecule has 0 radical (unpaired) electrons. The van der Waals surface area contributed by atoms with Gasteiger partial charge in [-0.25, -0.2) is 4.98 Å². The van der Waals surface area contributed by atoms with Crippen LogP contribution in [0.5, 0.6) is 0 Å². The molecule has 0 atom stereocenters. The van der Waals surface area contributed by atoms with E-state index in [2.05, 4.69) is 11.6 Å². The maximum absolute atomic E-state index is 14.2. The summed E-state index contributed by atoms with van der Waals surface area (Å²) >= 11 is 0. The molecule has 0 fully saturated rings. The number of alkyl halides is 24. The molecule has 0 spiro atoms. The number of hydrogen-bond donors (Lipinski definition) is 0. The first-order valence-corrected chi connectivity index (χ1v) is 20.4. The van der Waals surface area contributed by atoms with E-state index in [1.165, 1.54) is 0 Å². The van der Waals surface area contributed by atoms with E-state index in [0.717, 1.165) is 0 Å². The summed E-state index contributed by atoms with van der Waals surface area (Å²) < 4.78 is 343. The lowest BCUT2D eigenvalue weighted by Gasteiger charge is -2.46. The van der Waals surface area contributed by atoms with E-state index < -0.39 is 195 Å². The van der Waals surface area contributed by atoms with Crippen molar-refractivity contribution in [2.45, 2.75) is 56.0 Å². The predicted octanol–water partition coefficient (Wildman–Crippen LogP) is 13.0. The maximum atomic E-state index is 14.2. The molecule has 0 aliphatic carbocycles. The van der Waals surface area contributed by atoms with E-state index in [0.29, 0.717) is 11.3 Å². The second kappa shape index (κ2) is 20.5. The quantitative estimate of drug-likeness (QED) is 0.0502. The Bertz CT molecular complexity index is 2740. The van der Waals surface area contributed by atoms with E-state index in [9.17, 15) is 110 Å². The minimum absolute atomic E-state index is 0.00493. The van der Waals surface area contributed by atoms with E-state index in [1.54, 1.807) is 35.3 Å². The Morgan fingerprint density at radius 2 is 0.724 bits per heavy atom. The summed E-state index contributed by atoms with van der Waals surface area (Å²) in [5, 5.41) is 8.77. The Morgan fingerprint density at radius 1 is 0.461 bits per heavy atom. The molecule has 1 heterocycles. The molecule has 5 aromatic carbocycles. The van der Waals surface area contributed by atoms with Crippen LogP contribution in [0.15, 0.2) is 128 Å². The highest BCUT2D eigenvalue weighted by Crippen LogP contribution is 2.41. The van der Waals surface area contributed by atoms with Crippen LogP contribution in [0.25, 0.3) is 5.57 Å². The van der Waals surface area contributed by atoms with Gasteiger partial charge in [0.05, 0.1) is 56.3 Å². The Kier molecular flexibility index (Phi) is 16.0. The molecule has 6 rings (SSSR count). The van der Waals surface area contributed by atoms with Crippen molar-refractivity contribution in [2.75, 3.05) is 0 Å². The number of Topliss-reactive ketones (excluding diaryl/α,β-unsaturated/α-hetero) is 1. The fourth-order valence-corrected chi connectivity index (χ4v) is 7.70. The minimum atomic E-state index is -6.13. The second-order valence-electron chi connectivity index (χ2n) is 16.2. The third kappa shape index (κ3) is 13.6. The van der Waals surface area contributed by atoms with Crippen LogP contribution in [0.2, 0.25) is 0 Å². The summed E-state index contributed by atoms with van der Waals surface area (Å²) in [7, 11) is 0. The zero-order valence-corrected chi connectivity index (χ0v) is 36.9.